The first kappa shape index (κ1) is 19.0. The van der Waals surface area contributed by atoms with Crippen molar-refractivity contribution in [1.82, 2.24) is 0 Å². The quantitative estimate of drug-likeness (QED) is 0.164. The number of hydrogen-bond donors (Lipinski definition) is 0. The van der Waals surface area contributed by atoms with Crippen LogP contribution in [-0.2, 0) is 0 Å². The van der Waals surface area contributed by atoms with Crippen molar-refractivity contribution in [1.29, 1.82) is 0 Å². The van der Waals surface area contributed by atoms with Crippen LogP contribution in [0.4, 0.5) is 0 Å². The molecular weight excluding hydrogens is 480 g/mol. The van der Waals surface area contributed by atoms with Crippen LogP contribution in [0, 0.1) is 0 Å². The molecular formula is C40H26. The molecule has 40 heavy (non-hydrogen) atoms. The van der Waals surface area contributed by atoms with Gasteiger partial charge in [-0.2, -0.15) is 0 Å². The van der Waals surface area contributed by atoms with E-state index in [1.54, 1.807) is 0 Å². The van der Waals surface area contributed by atoms with Crippen molar-refractivity contribution in [3.05, 3.63) is 158 Å². The van der Waals surface area contributed by atoms with Gasteiger partial charge in [0, 0.05) is 0 Å². The molecule has 0 N–H and O–H groups in total. The van der Waals surface area contributed by atoms with E-state index < -0.39 is 0 Å². The first-order valence-electron chi connectivity index (χ1n) is 15.5. The van der Waals surface area contributed by atoms with Crippen LogP contribution in [0.15, 0.2) is 158 Å². The molecule has 0 spiro atoms. The number of hydrogen-bond acceptors (Lipinski definition) is 0. The summed E-state index contributed by atoms with van der Waals surface area (Å²) in [6, 6.07) is 44.4. The van der Waals surface area contributed by atoms with Gasteiger partial charge >= 0.3 is 0 Å². The SMILES string of the molecule is [2H]c1c([2H])c(-c2cc3ccccc3c3ccccc23)c([2H])c([2H])c1-c1c2ccccc2c(-c2ccccc2)c2ccccc12. The highest BCUT2D eigenvalue weighted by Crippen LogP contribution is 2.44. The lowest BCUT2D eigenvalue weighted by Crippen LogP contribution is -1.91. The maximum absolute atomic E-state index is 9.41. The van der Waals surface area contributed by atoms with Gasteiger partial charge in [0.25, 0.3) is 0 Å². The second kappa shape index (κ2) is 9.22. The molecule has 0 saturated heterocycles. The fraction of sp³-hybridized carbons (Fsp3) is 0. The van der Waals surface area contributed by atoms with Crippen LogP contribution in [0.1, 0.15) is 5.48 Å². The first-order valence-corrected chi connectivity index (χ1v) is 13.5. The lowest BCUT2D eigenvalue weighted by atomic mass is 9.85. The van der Waals surface area contributed by atoms with E-state index in [0.717, 1.165) is 59.8 Å². The molecule has 0 bridgehead atoms. The van der Waals surface area contributed by atoms with Gasteiger partial charge in [-0.15, -0.1) is 0 Å². The summed E-state index contributed by atoms with van der Waals surface area (Å²) in [5.74, 6) is 0. The van der Waals surface area contributed by atoms with E-state index in [-0.39, 0.29) is 24.2 Å². The Hall–Kier alpha value is -5.20. The third-order valence-electron chi connectivity index (χ3n) is 7.91. The van der Waals surface area contributed by atoms with Crippen molar-refractivity contribution < 1.29 is 5.48 Å². The zero-order valence-corrected chi connectivity index (χ0v) is 21.7. The Morgan fingerprint density at radius 1 is 0.325 bits per heavy atom. The van der Waals surface area contributed by atoms with E-state index in [4.69, 9.17) is 0 Å². The van der Waals surface area contributed by atoms with Gasteiger partial charge in [0.15, 0.2) is 0 Å². The van der Waals surface area contributed by atoms with Gasteiger partial charge in [0.05, 0.1) is 5.48 Å². The molecule has 8 aromatic carbocycles. The minimum absolute atomic E-state index is 0.0401. The maximum Gasteiger partial charge on any atom is 0.0629 e. The van der Waals surface area contributed by atoms with Crippen LogP contribution in [0.3, 0.4) is 0 Å². The van der Waals surface area contributed by atoms with Gasteiger partial charge in [0.2, 0.25) is 0 Å². The largest absolute Gasteiger partial charge is 0.0629 e. The predicted molar refractivity (Wildman–Crippen MR) is 173 cm³/mol. The van der Waals surface area contributed by atoms with Gasteiger partial charge in [-0.1, -0.05) is 152 Å². The number of rotatable bonds is 3. The van der Waals surface area contributed by atoms with E-state index in [9.17, 15) is 5.48 Å². The standard InChI is InChI=1S/C40H26/c1-2-12-28(13-3-1)39-34-18-8-10-20-36(34)40(37-21-11-9-19-35(37)39)29-24-22-27(23-25-29)38-26-30-14-4-5-15-31(30)32-16-6-7-17-33(32)38/h1-26H/i22D,23D,24D,25D. The van der Waals surface area contributed by atoms with Gasteiger partial charge in [-0.25, -0.2) is 0 Å². The molecule has 0 heterocycles. The summed E-state index contributed by atoms with van der Waals surface area (Å²) < 4.78 is 37.5. The first-order chi connectivity index (χ1) is 21.5. The fourth-order valence-corrected chi connectivity index (χ4v) is 6.15. The second-order valence-electron chi connectivity index (χ2n) is 10.1. The van der Waals surface area contributed by atoms with E-state index in [2.05, 4.69) is 36.4 Å². The molecule has 0 aliphatic rings. The lowest BCUT2D eigenvalue weighted by Gasteiger charge is -2.18. The summed E-state index contributed by atoms with van der Waals surface area (Å²) in [7, 11) is 0. The second-order valence-corrected chi connectivity index (χ2v) is 10.1. The molecule has 0 atom stereocenters. The Morgan fingerprint density at radius 3 is 1.35 bits per heavy atom. The lowest BCUT2D eigenvalue weighted by molar-refractivity contribution is 1.64. The van der Waals surface area contributed by atoms with Crippen molar-refractivity contribution in [2.24, 2.45) is 0 Å². The predicted octanol–water partition coefficient (Wildman–Crippen LogP) is 11.3. The fourth-order valence-electron chi connectivity index (χ4n) is 6.15. The van der Waals surface area contributed by atoms with Crippen molar-refractivity contribution in [2.75, 3.05) is 0 Å². The summed E-state index contributed by atoms with van der Waals surface area (Å²) in [6.45, 7) is 0. The molecule has 0 aliphatic carbocycles. The monoisotopic (exact) mass is 510 g/mol. The molecule has 8 aromatic rings. The zero-order valence-electron chi connectivity index (χ0n) is 25.7. The summed E-state index contributed by atoms with van der Waals surface area (Å²) in [4.78, 5) is 0. The molecule has 0 radical (unpaired) electrons. The number of fused-ring (bicyclic) bond motifs is 5. The molecule has 0 aromatic heterocycles. The summed E-state index contributed by atoms with van der Waals surface area (Å²) in [6.07, 6.45) is 0. The van der Waals surface area contributed by atoms with Crippen LogP contribution in [0.25, 0.3) is 76.5 Å². The Labute approximate surface area is 239 Å². The van der Waals surface area contributed by atoms with Gasteiger partial charge in [0.1, 0.15) is 0 Å². The van der Waals surface area contributed by atoms with Crippen molar-refractivity contribution in [2.45, 2.75) is 0 Å². The molecule has 0 fully saturated rings. The van der Waals surface area contributed by atoms with Crippen LogP contribution in [-0.4, -0.2) is 0 Å². The Kier molecular flexibility index (Phi) is 4.37. The van der Waals surface area contributed by atoms with E-state index in [1.807, 2.05) is 97.1 Å². The van der Waals surface area contributed by atoms with E-state index >= 15 is 0 Å². The smallest absolute Gasteiger partial charge is 0.0622 e. The van der Waals surface area contributed by atoms with Crippen molar-refractivity contribution in [3.8, 4) is 33.4 Å². The highest BCUT2D eigenvalue weighted by atomic mass is 14.2. The Morgan fingerprint density at radius 2 is 0.750 bits per heavy atom. The van der Waals surface area contributed by atoms with Crippen molar-refractivity contribution in [3.63, 3.8) is 0 Å². The van der Waals surface area contributed by atoms with Gasteiger partial charge in [-0.05, 0) is 82.5 Å². The normalized spacial score (nSPS) is 12.9. The topological polar surface area (TPSA) is 0 Å². The van der Waals surface area contributed by atoms with E-state index in [0.29, 0.717) is 16.7 Å². The van der Waals surface area contributed by atoms with Crippen LogP contribution < -0.4 is 0 Å². The third-order valence-corrected chi connectivity index (χ3v) is 7.91. The molecule has 0 saturated carbocycles. The highest BCUT2D eigenvalue weighted by molar-refractivity contribution is 6.21. The van der Waals surface area contributed by atoms with Crippen molar-refractivity contribution >= 4 is 43.1 Å². The van der Waals surface area contributed by atoms with Gasteiger partial charge in [-0.3, -0.25) is 0 Å². The molecule has 0 amide bonds. The molecule has 0 heteroatoms. The molecule has 8 rings (SSSR count). The third kappa shape index (κ3) is 3.54. The van der Waals surface area contributed by atoms with Crippen LogP contribution in [0.5, 0.6) is 0 Å². The van der Waals surface area contributed by atoms with Gasteiger partial charge < -0.3 is 0 Å². The number of benzene rings is 8. The molecule has 0 aliphatic heterocycles. The molecule has 0 unspecified atom stereocenters. The zero-order chi connectivity index (χ0) is 29.9. The van der Waals surface area contributed by atoms with Crippen LogP contribution in [0.2, 0.25) is 0 Å². The molecule has 186 valence electrons. The van der Waals surface area contributed by atoms with Crippen LogP contribution >= 0.6 is 0 Å². The average molecular weight is 511 g/mol. The maximum atomic E-state index is 9.41. The summed E-state index contributed by atoms with van der Waals surface area (Å²) in [5.41, 5.74) is 4.25. The summed E-state index contributed by atoms with van der Waals surface area (Å²) in [5, 5.41) is 7.83. The Balaban J connectivity index is 1.48. The minimum Gasteiger partial charge on any atom is -0.0622 e. The van der Waals surface area contributed by atoms with E-state index in [1.165, 1.54) is 0 Å². The Bertz CT molecular complexity index is 2340. The molecule has 0 nitrogen and oxygen atoms in total. The summed E-state index contributed by atoms with van der Waals surface area (Å²) >= 11 is 0. The minimum atomic E-state index is -0.0407. The average Bonchev–Trinajstić information content (AvgIpc) is 3.07. The highest BCUT2D eigenvalue weighted by Gasteiger charge is 2.16.